The van der Waals surface area contributed by atoms with E-state index < -0.39 is 23.3 Å². The number of nitrogens with one attached hydrogen (secondary N) is 1. The van der Waals surface area contributed by atoms with Gasteiger partial charge in [-0.1, -0.05) is 72.8 Å². The summed E-state index contributed by atoms with van der Waals surface area (Å²) in [5.74, 6) is -1.92. The van der Waals surface area contributed by atoms with E-state index in [2.05, 4.69) is 17.5 Å². The summed E-state index contributed by atoms with van der Waals surface area (Å²) in [5, 5.41) is 3.62. The zero-order valence-electron chi connectivity index (χ0n) is 18.5. The number of benzene rings is 2. The fourth-order valence-electron chi connectivity index (χ4n) is 7.38. The molecule has 2 bridgehead atoms. The molecular weight excluding hydrogens is 416 g/mol. The second-order valence-corrected chi connectivity index (χ2v) is 9.65. The molecule has 0 unspecified atom stereocenters. The third-order valence-electron chi connectivity index (χ3n) is 8.49. The minimum atomic E-state index is -0.668. The molecule has 2 amide bonds. The number of fused-ring (bicyclic) bond motifs is 2. The van der Waals surface area contributed by atoms with Gasteiger partial charge < -0.3 is 4.74 Å². The molecule has 1 N–H and O–H groups in total. The van der Waals surface area contributed by atoms with E-state index >= 15 is 0 Å². The molecule has 4 aliphatic rings. The third kappa shape index (κ3) is 2.50. The molecule has 2 aliphatic carbocycles. The van der Waals surface area contributed by atoms with Gasteiger partial charge in [0.2, 0.25) is 11.8 Å². The number of piperidine rings is 1. The van der Waals surface area contributed by atoms with Crippen LogP contribution in [0.15, 0.2) is 72.8 Å². The van der Waals surface area contributed by atoms with Gasteiger partial charge in [-0.15, -0.1) is 0 Å². The first kappa shape index (κ1) is 20.4. The van der Waals surface area contributed by atoms with E-state index in [1.54, 1.807) is 7.05 Å². The molecule has 0 radical (unpaired) electrons. The summed E-state index contributed by atoms with van der Waals surface area (Å²) in [5.41, 5.74) is 1.35. The van der Waals surface area contributed by atoms with E-state index in [4.69, 9.17) is 4.74 Å². The second-order valence-electron chi connectivity index (χ2n) is 9.65. The summed E-state index contributed by atoms with van der Waals surface area (Å²) in [6.07, 6.45) is 4.28. The van der Waals surface area contributed by atoms with Crippen LogP contribution >= 0.6 is 0 Å². The number of ether oxygens (including phenoxy) is 1. The Morgan fingerprint density at radius 2 is 1.58 bits per heavy atom. The molecule has 2 aliphatic heterocycles. The normalized spacial score (nSPS) is 38.4. The highest BCUT2D eigenvalue weighted by Gasteiger charge is 2.76. The number of rotatable bonds is 3. The van der Waals surface area contributed by atoms with Gasteiger partial charge in [-0.2, -0.15) is 0 Å². The van der Waals surface area contributed by atoms with Crippen molar-refractivity contribution in [1.82, 2.24) is 10.2 Å². The van der Waals surface area contributed by atoms with Crippen molar-refractivity contribution < 1.29 is 19.1 Å². The summed E-state index contributed by atoms with van der Waals surface area (Å²) >= 11 is 0. The maximum Gasteiger partial charge on any atom is 0.323 e. The zero-order chi connectivity index (χ0) is 22.9. The lowest BCUT2D eigenvalue weighted by atomic mass is 9.55. The van der Waals surface area contributed by atoms with Gasteiger partial charge in [-0.05, 0) is 23.0 Å². The SMILES string of the molecule is COC(=O)[C@@H]1N[C@H](c2ccccc2)[C@H]2[C@H]3C=C[C@@]2([C@@H]2C(=O)N(C)C(=O)[C@H]32)[C@H]1c1ccccc1. The van der Waals surface area contributed by atoms with E-state index in [0.717, 1.165) is 11.1 Å². The summed E-state index contributed by atoms with van der Waals surface area (Å²) in [6.45, 7) is 0. The van der Waals surface area contributed by atoms with E-state index in [-0.39, 0.29) is 41.6 Å². The van der Waals surface area contributed by atoms with Crippen molar-refractivity contribution >= 4 is 17.8 Å². The van der Waals surface area contributed by atoms with Crippen LogP contribution in [-0.4, -0.2) is 42.9 Å². The van der Waals surface area contributed by atoms with Gasteiger partial charge in [0.1, 0.15) is 6.04 Å². The first-order chi connectivity index (χ1) is 16.0. The fraction of sp³-hybridized carbons (Fsp3) is 0.370. The Balaban J connectivity index is 1.61. The lowest BCUT2D eigenvalue weighted by Crippen LogP contribution is -2.60. The fourth-order valence-corrected chi connectivity index (χ4v) is 7.38. The van der Waals surface area contributed by atoms with Crippen molar-refractivity contribution in [2.75, 3.05) is 14.2 Å². The topological polar surface area (TPSA) is 75.7 Å². The second kappa shape index (κ2) is 7.12. The summed E-state index contributed by atoms with van der Waals surface area (Å²) in [6, 6.07) is 19.0. The van der Waals surface area contributed by atoms with E-state index in [0.29, 0.717) is 0 Å². The number of nitrogens with zero attached hydrogens (tertiary/aromatic N) is 1. The van der Waals surface area contributed by atoms with Gasteiger partial charge in [0.25, 0.3) is 0 Å². The van der Waals surface area contributed by atoms with Crippen LogP contribution in [0.1, 0.15) is 23.1 Å². The van der Waals surface area contributed by atoms with Crippen LogP contribution in [0.2, 0.25) is 0 Å². The zero-order valence-corrected chi connectivity index (χ0v) is 18.5. The van der Waals surface area contributed by atoms with E-state index in [9.17, 15) is 14.4 Å². The first-order valence-electron chi connectivity index (χ1n) is 11.4. The number of amides is 2. The number of methoxy groups -OCH3 is 1. The predicted molar refractivity (Wildman–Crippen MR) is 121 cm³/mol. The molecule has 0 aromatic heterocycles. The standard InChI is InChI=1S/C27H26N2O4/c1-29-24(30)18-17-13-14-27(21(18)25(29)31)19(15-9-5-3-6-10-15)23(26(32)33-2)28-22(20(17)27)16-11-7-4-8-12-16/h3-14,17-23,28H,1-2H3/t17-,18+,19-,20+,21-,22+,23+,27+/m0/s1. The van der Waals surface area contributed by atoms with Crippen LogP contribution in [-0.2, 0) is 19.1 Å². The lowest BCUT2D eigenvalue weighted by Gasteiger charge is -2.52. The Morgan fingerprint density at radius 1 is 0.939 bits per heavy atom. The number of hydrogen-bond acceptors (Lipinski definition) is 5. The van der Waals surface area contributed by atoms with Gasteiger partial charge in [0.15, 0.2) is 0 Å². The van der Waals surface area contributed by atoms with Gasteiger partial charge in [-0.3, -0.25) is 24.6 Å². The van der Waals surface area contributed by atoms with E-state index in [1.807, 2.05) is 60.7 Å². The van der Waals surface area contributed by atoms with Crippen molar-refractivity contribution in [1.29, 1.82) is 0 Å². The van der Waals surface area contributed by atoms with Crippen LogP contribution < -0.4 is 5.32 Å². The third-order valence-corrected chi connectivity index (χ3v) is 8.49. The minimum absolute atomic E-state index is 0.0254. The maximum absolute atomic E-state index is 13.5. The number of imide groups is 1. The molecule has 6 nitrogen and oxygen atoms in total. The Kier molecular flexibility index (Phi) is 4.40. The summed E-state index contributed by atoms with van der Waals surface area (Å²) in [4.78, 5) is 41.3. The molecule has 3 fully saturated rings. The quantitative estimate of drug-likeness (QED) is 0.449. The van der Waals surface area contributed by atoms with Crippen LogP contribution in [0.5, 0.6) is 0 Å². The van der Waals surface area contributed by atoms with Crippen molar-refractivity contribution in [2.24, 2.45) is 29.1 Å². The Labute approximate surface area is 192 Å². The number of carbonyl (C=O) groups is 3. The van der Waals surface area contributed by atoms with Gasteiger partial charge in [0, 0.05) is 24.4 Å². The Morgan fingerprint density at radius 3 is 2.21 bits per heavy atom. The summed E-state index contributed by atoms with van der Waals surface area (Å²) < 4.78 is 5.27. The van der Waals surface area contributed by atoms with Crippen molar-refractivity contribution in [3.8, 4) is 0 Å². The molecule has 2 heterocycles. The number of hydrogen-bond donors (Lipinski definition) is 1. The molecule has 2 saturated heterocycles. The van der Waals surface area contributed by atoms with Crippen molar-refractivity contribution in [3.63, 3.8) is 0 Å². The van der Waals surface area contributed by atoms with Crippen LogP contribution in [0.4, 0.5) is 0 Å². The average molecular weight is 443 g/mol. The number of esters is 1. The average Bonchev–Trinajstić information content (AvgIpc) is 3.46. The molecule has 6 rings (SSSR count). The molecular formula is C27H26N2O4. The monoisotopic (exact) mass is 442 g/mol. The molecule has 168 valence electrons. The van der Waals surface area contributed by atoms with Crippen LogP contribution in [0, 0.1) is 29.1 Å². The molecule has 8 atom stereocenters. The van der Waals surface area contributed by atoms with Crippen LogP contribution in [0.3, 0.4) is 0 Å². The van der Waals surface area contributed by atoms with Crippen LogP contribution in [0.25, 0.3) is 0 Å². The number of carbonyl (C=O) groups excluding carboxylic acids is 3. The Bertz CT molecular complexity index is 1160. The highest BCUT2D eigenvalue weighted by molar-refractivity contribution is 6.07. The van der Waals surface area contributed by atoms with E-state index in [1.165, 1.54) is 12.0 Å². The molecule has 6 heteroatoms. The van der Waals surface area contributed by atoms with Gasteiger partial charge in [-0.25, -0.2) is 0 Å². The minimum Gasteiger partial charge on any atom is -0.468 e. The molecule has 2 aromatic rings. The Hall–Kier alpha value is -3.25. The molecule has 1 saturated carbocycles. The highest BCUT2D eigenvalue weighted by Crippen LogP contribution is 2.72. The smallest absolute Gasteiger partial charge is 0.323 e. The first-order valence-corrected chi connectivity index (χ1v) is 11.4. The summed E-state index contributed by atoms with van der Waals surface area (Å²) in [7, 11) is 2.98. The highest BCUT2D eigenvalue weighted by atomic mass is 16.5. The molecule has 33 heavy (non-hydrogen) atoms. The predicted octanol–water partition coefficient (Wildman–Crippen LogP) is 2.69. The number of likely N-dealkylation sites (tertiary alicyclic amines) is 1. The van der Waals surface area contributed by atoms with Crippen molar-refractivity contribution in [3.05, 3.63) is 83.9 Å². The lowest BCUT2D eigenvalue weighted by molar-refractivity contribution is -0.150. The maximum atomic E-state index is 13.5. The van der Waals surface area contributed by atoms with Crippen molar-refractivity contribution in [2.45, 2.75) is 18.0 Å². The van der Waals surface area contributed by atoms with Gasteiger partial charge >= 0.3 is 5.97 Å². The molecule has 0 spiro atoms. The number of allylic oxidation sites excluding steroid dienone is 2. The molecule has 2 aromatic carbocycles. The van der Waals surface area contributed by atoms with Gasteiger partial charge in [0.05, 0.1) is 18.9 Å². The largest absolute Gasteiger partial charge is 0.468 e.